The van der Waals surface area contributed by atoms with Gasteiger partial charge in [0.15, 0.2) is 11.6 Å². The van der Waals surface area contributed by atoms with Crippen molar-refractivity contribution in [3.63, 3.8) is 0 Å². The number of allylic oxidation sites excluding steroid dienone is 4. The van der Waals surface area contributed by atoms with Crippen LogP contribution in [0.15, 0.2) is 30.4 Å². The highest BCUT2D eigenvalue weighted by molar-refractivity contribution is 5.67. The van der Waals surface area contributed by atoms with Gasteiger partial charge in [0.2, 0.25) is 0 Å². The molecule has 1 saturated carbocycles. The van der Waals surface area contributed by atoms with Gasteiger partial charge >= 0.3 is 0 Å². The lowest BCUT2D eigenvalue weighted by Crippen LogP contribution is -2.32. The Morgan fingerprint density at radius 2 is 1.63 bits per heavy atom. The molecule has 1 aromatic rings. The molecule has 4 atom stereocenters. The van der Waals surface area contributed by atoms with Gasteiger partial charge in [-0.1, -0.05) is 56.0 Å². The second-order valence-electron chi connectivity index (χ2n) is 12.5. The van der Waals surface area contributed by atoms with Gasteiger partial charge in [0, 0.05) is 11.1 Å². The van der Waals surface area contributed by atoms with Crippen LogP contribution in [0.3, 0.4) is 0 Å². The zero-order valence-electron chi connectivity index (χ0n) is 23.4. The first kappa shape index (κ1) is 28.0. The van der Waals surface area contributed by atoms with Crippen LogP contribution in [-0.2, 0) is 9.47 Å². The van der Waals surface area contributed by atoms with E-state index >= 15 is 0 Å². The van der Waals surface area contributed by atoms with Crippen LogP contribution in [0.4, 0.5) is 8.78 Å². The Bertz CT molecular complexity index is 949. The van der Waals surface area contributed by atoms with Gasteiger partial charge in [-0.25, -0.2) is 8.78 Å². The molecule has 0 spiro atoms. The quantitative estimate of drug-likeness (QED) is 0.163. The topological polar surface area (TPSA) is 21.8 Å². The average molecular weight is 527 g/mol. The Labute approximate surface area is 229 Å². The van der Waals surface area contributed by atoms with Gasteiger partial charge in [-0.2, -0.15) is 0 Å². The lowest BCUT2D eigenvalue weighted by Gasteiger charge is -2.38. The number of halogens is 2. The number of rotatable bonds is 11. The van der Waals surface area contributed by atoms with E-state index in [-0.39, 0.29) is 6.10 Å². The van der Waals surface area contributed by atoms with Crippen molar-refractivity contribution < 1.29 is 18.3 Å². The number of benzene rings is 1. The zero-order chi connectivity index (χ0) is 26.3. The number of unbranched alkanes of at least 4 members (excludes halogenated alkanes) is 2. The Kier molecular flexibility index (Phi) is 10.1. The third kappa shape index (κ3) is 7.36. The highest BCUT2D eigenvalue weighted by atomic mass is 19.2. The summed E-state index contributed by atoms with van der Waals surface area (Å²) < 4.78 is 40.7. The van der Waals surface area contributed by atoms with Crippen molar-refractivity contribution in [2.75, 3.05) is 13.2 Å². The number of hydrogen-bond donors (Lipinski definition) is 0. The average Bonchev–Trinajstić information content (AvgIpc) is 3.80. The molecule has 2 aliphatic heterocycles. The summed E-state index contributed by atoms with van der Waals surface area (Å²) in [5, 5.41) is 0. The third-order valence-corrected chi connectivity index (χ3v) is 9.99. The molecule has 0 amide bonds. The molecule has 2 heterocycles. The first-order valence-corrected chi connectivity index (χ1v) is 15.6. The predicted molar refractivity (Wildman–Crippen MR) is 151 cm³/mol. The van der Waals surface area contributed by atoms with Gasteiger partial charge in [0.05, 0.1) is 19.3 Å². The number of hydrogen-bond acceptors (Lipinski definition) is 2. The van der Waals surface area contributed by atoms with Gasteiger partial charge in [0.1, 0.15) is 6.10 Å². The van der Waals surface area contributed by atoms with Crippen molar-refractivity contribution in [2.45, 2.75) is 115 Å². The molecule has 2 nitrogen and oxygen atoms in total. The predicted octanol–water partition coefficient (Wildman–Crippen LogP) is 9.74. The van der Waals surface area contributed by atoms with Crippen LogP contribution in [0.1, 0.15) is 120 Å². The van der Waals surface area contributed by atoms with Crippen molar-refractivity contribution >= 4 is 5.57 Å². The van der Waals surface area contributed by atoms with E-state index in [9.17, 15) is 8.78 Å². The molecule has 0 radical (unpaired) electrons. The fourth-order valence-electron chi connectivity index (χ4n) is 7.34. The minimum Gasteiger partial charge on any atom is -0.378 e. The van der Waals surface area contributed by atoms with Crippen LogP contribution < -0.4 is 0 Å². The van der Waals surface area contributed by atoms with Crippen LogP contribution in [0, 0.1) is 35.3 Å². The highest BCUT2D eigenvalue weighted by Crippen LogP contribution is 2.41. The van der Waals surface area contributed by atoms with Crippen molar-refractivity contribution in [3.05, 3.63) is 53.1 Å². The lowest BCUT2D eigenvalue weighted by atomic mass is 9.72. The molecule has 4 heteroatoms. The Morgan fingerprint density at radius 1 is 0.816 bits per heavy atom. The molecular formula is C34H48F2O2. The largest absolute Gasteiger partial charge is 0.378 e. The van der Waals surface area contributed by atoms with Crippen molar-refractivity contribution in [1.29, 1.82) is 0 Å². The number of epoxide rings is 1. The maximum absolute atomic E-state index is 14.7. The van der Waals surface area contributed by atoms with Gasteiger partial charge in [-0.15, -0.1) is 0 Å². The second kappa shape index (κ2) is 13.7. The fourth-order valence-corrected chi connectivity index (χ4v) is 7.34. The molecule has 0 aromatic heterocycles. The van der Waals surface area contributed by atoms with E-state index in [2.05, 4.69) is 25.2 Å². The molecule has 5 rings (SSSR count). The fraction of sp³-hybridized carbons (Fsp3) is 0.706. The summed E-state index contributed by atoms with van der Waals surface area (Å²) in [5.74, 6) is 1.81. The Hall–Kier alpha value is -1.52. The molecule has 38 heavy (non-hydrogen) atoms. The summed E-state index contributed by atoms with van der Waals surface area (Å²) >= 11 is 0. The first-order valence-electron chi connectivity index (χ1n) is 15.6. The van der Waals surface area contributed by atoms with E-state index < -0.39 is 11.6 Å². The van der Waals surface area contributed by atoms with Crippen LogP contribution in [0.25, 0.3) is 5.57 Å². The molecule has 4 unspecified atom stereocenters. The van der Waals surface area contributed by atoms with Gasteiger partial charge in [0.25, 0.3) is 0 Å². The maximum Gasteiger partial charge on any atom is 0.166 e. The third-order valence-electron chi connectivity index (χ3n) is 9.99. The molecule has 210 valence electrons. The molecule has 0 N–H and O–H groups in total. The molecule has 2 aliphatic carbocycles. The summed E-state index contributed by atoms with van der Waals surface area (Å²) in [6.45, 7) is 3.57. The van der Waals surface area contributed by atoms with Gasteiger partial charge < -0.3 is 9.47 Å². The minimum atomic E-state index is -0.732. The smallest absolute Gasteiger partial charge is 0.166 e. The monoisotopic (exact) mass is 526 g/mol. The summed E-state index contributed by atoms with van der Waals surface area (Å²) in [6, 6.07) is 3.44. The molecule has 0 bridgehead atoms. The summed E-state index contributed by atoms with van der Waals surface area (Å²) in [5.41, 5.74) is 1.75. The Morgan fingerprint density at radius 3 is 2.32 bits per heavy atom. The zero-order valence-corrected chi connectivity index (χ0v) is 23.4. The first-order chi connectivity index (χ1) is 18.6. The molecule has 2 saturated heterocycles. The SMILES string of the molecule is C/C=C/CCCCC1CCC(C2CCC(CCC3CC=C(c4ccc(C5CO5)c(F)c4F)CC3)OC2)CC1. The molecule has 4 aliphatic rings. The van der Waals surface area contributed by atoms with E-state index in [1.54, 1.807) is 12.1 Å². The van der Waals surface area contributed by atoms with E-state index in [4.69, 9.17) is 9.47 Å². The number of ether oxygens (including phenoxy) is 2. The highest BCUT2D eigenvalue weighted by Gasteiger charge is 2.32. The van der Waals surface area contributed by atoms with Crippen molar-refractivity contribution in [3.8, 4) is 0 Å². The maximum atomic E-state index is 14.7. The molecule has 3 fully saturated rings. The van der Waals surface area contributed by atoms with E-state index in [0.29, 0.717) is 29.8 Å². The minimum absolute atomic E-state index is 0.260. The van der Waals surface area contributed by atoms with E-state index in [0.717, 1.165) is 55.6 Å². The van der Waals surface area contributed by atoms with E-state index in [1.807, 2.05) is 0 Å². The van der Waals surface area contributed by atoms with Crippen LogP contribution in [0.2, 0.25) is 0 Å². The standard InChI is InChI=1S/C34H48F2O2/c1-2-3-4-5-6-7-24-8-13-26(14-9-24)28-17-19-29(37-22-28)18-12-25-10-15-27(16-11-25)30-20-21-31(32-23-38-32)34(36)33(30)35/h2-3,15,20-21,24-26,28-29,32H,4-14,16-19,22-23H2,1H3/b3-2+. The van der Waals surface area contributed by atoms with Crippen LogP contribution in [0.5, 0.6) is 0 Å². The summed E-state index contributed by atoms with van der Waals surface area (Å²) in [7, 11) is 0. The second-order valence-corrected chi connectivity index (χ2v) is 12.5. The summed E-state index contributed by atoms with van der Waals surface area (Å²) in [4.78, 5) is 0. The van der Waals surface area contributed by atoms with Crippen LogP contribution >= 0.6 is 0 Å². The molecule has 1 aromatic carbocycles. The van der Waals surface area contributed by atoms with Crippen LogP contribution in [-0.4, -0.2) is 19.3 Å². The Balaban J connectivity index is 0.982. The normalized spacial score (nSPS) is 31.9. The van der Waals surface area contributed by atoms with E-state index in [1.165, 1.54) is 70.6 Å². The summed E-state index contributed by atoms with van der Waals surface area (Å²) in [6.07, 6.45) is 25.6. The van der Waals surface area contributed by atoms with Gasteiger partial charge in [-0.3, -0.25) is 0 Å². The van der Waals surface area contributed by atoms with Crippen molar-refractivity contribution in [1.82, 2.24) is 0 Å². The lowest BCUT2D eigenvalue weighted by molar-refractivity contribution is -0.0443. The van der Waals surface area contributed by atoms with Crippen molar-refractivity contribution in [2.24, 2.45) is 23.7 Å². The molecular weight excluding hydrogens is 478 g/mol. The van der Waals surface area contributed by atoms with Gasteiger partial charge in [-0.05, 0) is 107 Å².